The van der Waals surface area contributed by atoms with Gasteiger partial charge in [0.2, 0.25) is 0 Å². The standard InChI is InChI=1S/C14H21N3OS2/c1-9(2)17(8-11-6-5-7-19-11)14-12(18-10(3)4)13(15)16-20-14/h5-7,9-10H,8H2,1-4H3,(H2,15,16). The summed E-state index contributed by atoms with van der Waals surface area (Å²) in [4.78, 5) is 3.61. The van der Waals surface area contributed by atoms with E-state index in [2.05, 4.69) is 40.6 Å². The monoisotopic (exact) mass is 311 g/mol. The number of nitrogens with two attached hydrogens (primary N) is 1. The van der Waals surface area contributed by atoms with Crippen LogP contribution in [0.15, 0.2) is 17.5 Å². The average Bonchev–Trinajstić information content (AvgIpc) is 2.98. The van der Waals surface area contributed by atoms with Crippen molar-refractivity contribution in [2.45, 2.75) is 46.4 Å². The van der Waals surface area contributed by atoms with Gasteiger partial charge in [0, 0.05) is 10.9 Å². The molecule has 0 aliphatic carbocycles. The van der Waals surface area contributed by atoms with Crippen LogP contribution >= 0.6 is 22.9 Å². The zero-order valence-electron chi connectivity index (χ0n) is 12.3. The molecule has 0 atom stereocenters. The molecule has 0 aliphatic heterocycles. The van der Waals surface area contributed by atoms with Gasteiger partial charge in [-0.25, -0.2) is 0 Å². The van der Waals surface area contributed by atoms with Crippen LogP contribution in [-0.4, -0.2) is 16.5 Å². The van der Waals surface area contributed by atoms with Gasteiger partial charge in [-0.3, -0.25) is 0 Å². The summed E-state index contributed by atoms with van der Waals surface area (Å²) in [6, 6.07) is 4.57. The third kappa shape index (κ3) is 3.43. The van der Waals surface area contributed by atoms with Gasteiger partial charge in [-0.15, -0.1) is 11.3 Å². The van der Waals surface area contributed by atoms with Crippen LogP contribution in [0, 0.1) is 0 Å². The van der Waals surface area contributed by atoms with Gasteiger partial charge in [-0.2, -0.15) is 4.37 Å². The van der Waals surface area contributed by atoms with E-state index in [9.17, 15) is 0 Å². The summed E-state index contributed by atoms with van der Waals surface area (Å²) >= 11 is 3.17. The Morgan fingerprint density at radius 2 is 2.10 bits per heavy atom. The minimum absolute atomic E-state index is 0.0863. The zero-order chi connectivity index (χ0) is 14.7. The number of nitrogen functional groups attached to an aromatic ring is 1. The number of rotatable bonds is 6. The van der Waals surface area contributed by atoms with Gasteiger partial charge in [0.15, 0.2) is 16.6 Å². The van der Waals surface area contributed by atoms with Crippen LogP contribution in [0.4, 0.5) is 10.8 Å². The van der Waals surface area contributed by atoms with Crippen molar-refractivity contribution in [2.75, 3.05) is 10.6 Å². The van der Waals surface area contributed by atoms with E-state index in [1.54, 1.807) is 11.3 Å². The van der Waals surface area contributed by atoms with E-state index in [1.165, 1.54) is 16.4 Å². The average molecular weight is 311 g/mol. The Labute approximate surface area is 128 Å². The smallest absolute Gasteiger partial charge is 0.198 e. The molecule has 6 heteroatoms. The lowest BCUT2D eigenvalue weighted by atomic mass is 10.3. The lowest BCUT2D eigenvalue weighted by Crippen LogP contribution is -2.29. The Morgan fingerprint density at radius 3 is 2.65 bits per heavy atom. The summed E-state index contributed by atoms with van der Waals surface area (Å²) in [7, 11) is 0. The summed E-state index contributed by atoms with van der Waals surface area (Å²) in [6.07, 6.45) is 0.0863. The Bertz CT molecular complexity index is 535. The van der Waals surface area contributed by atoms with Gasteiger partial charge in [-0.05, 0) is 50.7 Å². The second kappa shape index (κ2) is 6.45. The quantitative estimate of drug-likeness (QED) is 0.876. The molecular formula is C14H21N3OS2. The second-order valence-corrected chi connectivity index (χ2v) is 6.95. The van der Waals surface area contributed by atoms with E-state index in [0.29, 0.717) is 11.9 Å². The van der Waals surface area contributed by atoms with Crippen molar-refractivity contribution in [2.24, 2.45) is 0 Å². The fraction of sp³-hybridized carbons (Fsp3) is 0.500. The highest BCUT2D eigenvalue weighted by molar-refractivity contribution is 7.11. The fourth-order valence-corrected chi connectivity index (χ4v) is 3.46. The molecule has 4 nitrogen and oxygen atoms in total. The van der Waals surface area contributed by atoms with E-state index < -0.39 is 0 Å². The molecule has 0 saturated heterocycles. The molecule has 0 bridgehead atoms. The first-order valence-corrected chi connectivity index (χ1v) is 8.35. The number of ether oxygens (including phenoxy) is 1. The van der Waals surface area contributed by atoms with Gasteiger partial charge in [-0.1, -0.05) is 6.07 Å². The van der Waals surface area contributed by atoms with E-state index in [4.69, 9.17) is 10.5 Å². The molecular weight excluding hydrogens is 290 g/mol. The predicted molar refractivity (Wildman–Crippen MR) is 87.9 cm³/mol. The molecule has 0 spiro atoms. The maximum Gasteiger partial charge on any atom is 0.198 e. The lowest BCUT2D eigenvalue weighted by Gasteiger charge is -2.27. The molecule has 0 aromatic carbocycles. The highest BCUT2D eigenvalue weighted by Gasteiger charge is 2.22. The van der Waals surface area contributed by atoms with Gasteiger partial charge in [0.1, 0.15) is 0 Å². The first kappa shape index (κ1) is 15.1. The third-order valence-electron chi connectivity index (χ3n) is 2.80. The molecule has 0 unspecified atom stereocenters. The van der Waals surface area contributed by atoms with Crippen molar-refractivity contribution in [1.29, 1.82) is 0 Å². The first-order valence-electron chi connectivity index (χ1n) is 6.69. The SMILES string of the molecule is CC(C)Oc1c(N)nsc1N(Cc1cccs1)C(C)C. The Morgan fingerprint density at radius 1 is 1.35 bits per heavy atom. The van der Waals surface area contributed by atoms with Crippen molar-refractivity contribution in [3.63, 3.8) is 0 Å². The van der Waals surface area contributed by atoms with E-state index >= 15 is 0 Å². The van der Waals surface area contributed by atoms with Gasteiger partial charge < -0.3 is 15.4 Å². The maximum absolute atomic E-state index is 5.95. The maximum atomic E-state index is 5.95. The fourth-order valence-electron chi connectivity index (χ4n) is 1.87. The van der Waals surface area contributed by atoms with Crippen molar-refractivity contribution in [3.8, 4) is 5.75 Å². The van der Waals surface area contributed by atoms with Gasteiger partial charge >= 0.3 is 0 Å². The van der Waals surface area contributed by atoms with Crippen LogP contribution in [0.2, 0.25) is 0 Å². The molecule has 0 amide bonds. The zero-order valence-corrected chi connectivity index (χ0v) is 13.9. The van der Waals surface area contributed by atoms with E-state index in [-0.39, 0.29) is 6.10 Å². The molecule has 2 aromatic heterocycles. The van der Waals surface area contributed by atoms with E-state index in [1.807, 2.05) is 13.8 Å². The molecule has 0 fully saturated rings. The van der Waals surface area contributed by atoms with Crippen molar-refractivity contribution in [3.05, 3.63) is 22.4 Å². The van der Waals surface area contributed by atoms with Crippen LogP contribution in [0.5, 0.6) is 5.75 Å². The summed E-state index contributed by atoms with van der Waals surface area (Å²) in [6.45, 7) is 9.19. The van der Waals surface area contributed by atoms with Crippen LogP contribution < -0.4 is 15.4 Å². The molecule has 0 radical (unpaired) electrons. The van der Waals surface area contributed by atoms with Gasteiger partial charge in [0.25, 0.3) is 0 Å². The molecule has 0 aliphatic rings. The molecule has 2 rings (SSSR count). The highest BCUT2D eigenvalue weighted by atomic mass is 32.1. The number of thiophene rings is 1. The summed E-state index contributed by atoms with van der Waals surface area (Å²) in [5, 5.41) is 3.11. The second-order valence-electron chi connectivity index (χ2n) is 5.17. The third-order valence-corrected chi connectivity index (χ3v) is 4.54. The first-order chi connectivity index (χ1) is 9.49. The highest BCUT2D eigenvalue weighted by Crippen LogP contribution is 2.40. The van der Waals surface area contributed by atoms with Crippen LogP contribution in [0.3, 0.4) is 0 Å². The minimum Gasteiger partial charge on any atom is -0.484 e. The molecule has 110 valence electrons. The molecule has 2 N–H and O–H groups in total. The summed E-state index contributed by atoms with van der Waals surface area (Å²) in [5.74, 6) is 1.20. The number of aromatic nitrogens is 1. The predicted octanol–water partition coefficient (Wildman–Crippen LogP) is 3.99. The van der Waals surface area contributed by atoms with Gasteiger partial charge in [0.05, 0.1) is 12.6 Å². The minimum atomic E-state index is 0.0863. The molecule has 2 aromatic rings. The topological polar surface area (TPSA) is 51.4 Å². The summed E-state index contributed by atoms with van der Waals surface area (Å²) < 4.78 is 10.1. The molecule has 20 heavy (non-hydrogen) atoms. The Hall–Kier alpha value is -1.27. The normalized spacial score (nSPS) is 11.3. The van der Waals surface area contributed by atoms with Crippen LogP contribution in [-0.2, 0) is 6.54 Å². The number of nitrogens with zero attached hydrogens (tertiary/aromatic N) is 2. The lowest BCUT2D eigenvalue weighted by molar-refractivity contribution is 0.244. The Balaban J connectivity index is 2.29. The van der Waals surface area contributed by atoms with Crippen molar-refractivity contribution >= 4 is 33.7 Å². The summed E-state index contributed by atoms with van der Waals surface area (Å²) in [5.41, 5.74) is 5.95. The molecule has 0 saturated carbocycles. The Kier molecular flexibility index (Phi) is 4.88. The van der Waals surface area contributed by atoms with E-state index in [0.717, 1.165) is 17.3 Å². The molecule has 2 heterocycles. The van der Waals surface area contributed by atoms with Crippen molar-refractivity contribution in [1.82, 2.24) is 4.37 Å². The number of hydrogen-bond acceptors (Lipinski definition) is 6. The number of anilines is 2. The van der Waals surface area contributed by atoms with Crippen molar-refractivity contribution < 1.29 is 4.74 Å². The largest absolute Gasteiger partial charge is 0.484 e. The van der Waals surface area contributed by atoms with Crippen LogP contribution in [0.1, 0.15) is 32.6 Å². The van der Waals surface area contributed by atoms with Crippen LogP contribution in [0.25, 0.3) is 0 Å². The number of hydrogen-bond donors (Lipinski definition) is 1.